The van der Waals surface area contributed by atoms with Crippen LogP contribution in [0.4, 0.5) is 0 Å². The van der Waals surface area contributed by atoms with Crippen LogP contribution in [-0.2, 0) is 28.8 Å². The summed E-state index contributed by atoms with van der Waals surface area (Å²) in [7, 11) is 5.82. The molecule has 13 N–H and O–H groups in total. The molecule has 14 atom stereocenters. The SMILES string of the molecule is CCCCCOc1ccc(-c2ccc(-c3ccc(C(=O)NC4CCC(NCC[N+](C)(C)C)NC(=O)C5[C@@H](O)[C@@H](C)CN5C(=O)C([C@@H](C)O)NC(=O)C([C@H](O)[C@@H](O)c5ccc(O)cc5)NC(=O)C5C[C@@H](O)CN5C(=O)C([C@@H](C)O)NC4=O)cc3)cc2)cc1. The van der Waals surface area contributed by atoms with Gasteiger partial charge in [-0.3, -0.25) is 38.9 Å². The molecule has 3 aliphatic rings. The summed E-state index contributed by atoms with van der Waals surface area (Å²) >= 11 is 0. The fourth-order valence-corrected chi connectivity index (χ4v) is 11.0. The van der Waals surface area contributed by atoms with Crippen molar-refractivity contribution in [1.82, 2.24) is 41.7 Å². The summed E-state index contributed by atoms with van der Waals surface area (Å²) in [5.41, 5.74) is 3.74. The Kier molecular flexibility index (Phi) is 23.0. The lowest BCUT2D eigenvalue weighted by molar-refractivity contribution is -0.869. The zero-order chi connectivity index (χ0) is 63.4. The van der Waals surface area contributed by atoms with Gasteiger partial charge in [-0.2, -0.15) is 0 Å². The number of aromatic hydroxyl groups is 1. The molecule has 24 heteroatoms. The van der Waals surface area contributed by atoms with Crippen LogP contribution in [0.15, 0.2) is 97.1 Å². The van der Waals surface area contributed by atoms with Crippen LogP contribution in [0, 0.1) is 5.92 Å². The summed E-state index contributed by atoms with van der Waals surface area (Å²) in [6.07, 6.45) is -9.12. The highest BCUT2D eigenvalue weighted by molar-refractivity contribution is 6.00. The molecule has 24 nitrogen and oxygen atoms in total. The third-order valence-corrected chi connectivity index (χ3v) is 16.1. The highest BCUT2D eigenvalue weighted by Gasteiger charge is 2.50. The first-order chi connectivity index (χ1) is 41.2. The molecule has 4 aromatic carbocycles. The fraction of sp³-hybridized carbons (Fsp3) is 0.508. The maximum Gasteiger partial charge on any atom is 0.251 e. The van der Waals surface area contributed by atoms with Gasteiger partial charge in [-0.05, 0) is 97.3 Å². The van der Waals surface area contributed by atoms with E-state index in [4.69, 9.17) is 4.74 Å². The van der Waals surface area contributed by atoms with Crippen LogP contribution in [0.5, 0.6) is 11.5 Å². The Labute approximate surface area is 506 Å². The van der Waals surface area contributed by atoms with Crippen molar-refractivity contribution in [2.75, 3.05) is 53.9 Å². The van der Waals surface area contributed by atoms with Crippen molar-refractivity contribution in [1.29, 1.82) is 0 Å². The number of fused-ring (bicyclic) bond motifs is 2. The highest BCUT2D eigenvalue weighted by Crippen LogP contribution is 2.30. The lowest BCUT2D eigenvalue weighted by Crippen LogP contribution is -2.64. The van der Waals surface area contributed by atoms with Gasteiger partial charge in [0.15, 0.2) is 0 Å². The first-order valence-electron chi connectivity index (χ1n) is 29.7. The van der Waals surface area contributed by atoms with E-state index in [9.17, 15) is 69.3 Å². The van der Waals surface area contributed by atoms with Gasteiger partial charge in [0, 0.05) is 37.5 Å². The predicted octanol–water partition coefficient (Wildman–Crippen LogP) is 0.406. The Bertz CT molecular complexity index is 3000. The molecule has 7 unspecified atom stereocenters. The van der Waals surface area contributed by atoms with Crippen LogP contribution in [0.3, 0.4) is 0 Å². The number of amides is 7. The topological polar surface area (TPSA) is 349 Å². The monoisotopic (exact) mass is 1210 g/mol. The summed E-state index contributed by atoms with van der Waals surface area (Å²) in [6.45, 7) is 6.77. The quantitative estimate of drug-likeness (QED) is 0.0474. The lowest BCUT2D eigenvalue weighted by atomic mass is 9.96. The van der Waals surface area contributed by atoms with Crippen molar-refractivity contribution < 1.29 is 78.5 Å². The van der Waals surface area contributed by atoms with Gasteiger partial charge >= 0.3 is 0 Å². The Balaban J connectivity index is 1.21. The number of nitrogens with zero attached hydrogens (tertiary/aromatic N) is 3. The van der Waals surface area contributed by atoms with Crippen LogP contribution in [-0.4, -0.2) is 218 Å². The number of carbonyl (C=O) groups excluding carboxylic acids is 7. The Morgan fingerprint density at radius 2 is 1.21 bits per heavy atom. The first kappa shape index (κ1) is 67.0. The Morgan fingerprint density at radius 1 is 0.667 bits per heavy atom. The molecule has 0 spiro atoms. The smallest absolute Gasteiger partial charge is 0.251 e. The summed E-state index contributed by atoms with van der Waals surface area (Å²) in [5.74, 6) is -7.32. The summed E-state index contributed by atoms with van der Waals surface area (Å²) < 4.78 is 6.36. The van der Waals surface area contributed by atoms with Gasteiger partial charge in [0.1, 0.15) is 60.0 Å². The van der Waals surface area contributed by atoms with Crippen LogP contribution >= 0.6 is 0 Å². The van der Waals surface area contributed by atoms with E-state index in [0.717, 1.165) is 64.0 Å². The molecule has 7 rings (SSSR count). The van der Waals surface area contributed by atoms with Gasteiger partial charge in [0.05, 0.1) is 64.9 Å². The number of unbranched alkanes of at least 4 members (excludes halogenated alkanes) is 2. The fourth-order valence-electron chi connectivity index (χ4n) is 11.0. The molecule has 0 radical (unpaired) electrons. The number of phenols is 1. The molecule has 3 aliphatic heterocycles. The predicted molar refractivity (Wildman–Crippen MR) is 321 cm³/mol. The van der Waals surface area contributed by atoms with Crippen molar-refractivity contribution in [2.45, 2.75) is 145 Å². The number of hydrogen-bond donors (Lipinski definition) is 13. The van der Waals surface area contributed by atoms with Crippen molar-refractivity contribution in [3.05, 3.63) is 108 Å². The number of ether oxygens (including phenoxy) is 1. The highest BCUT2D eigenvalue weighted by atomic mass is 16.5. The van der Waals surface area contributed by atoms with E-state index in [1.807, 2.05) is 69.7 Å². The molecule has 4 aromatic rings. The second-order valence-electron chi connectivity index (χ2n) is 24.1. The number of aliphatic hydroxyl groups is 6. The lowest BCUT2D eigenvalue weighted by Gasteiger charge is -2.34. The third kappa shape index (κ3) is 17.4. The summed E-state index contributed by atoms with van der Waals surface area (Å²) in [4.78, 5) is 104. The van der Waals surface area contributed by atoms with Crippen molar-refractivity contribution in [3.63, 3.8) is 0 Å². The Hall–Kier alpha value is -7.55. The average Bonchev–Trinajstić information content (AvgIpc) is 1.88. The van der Waals surface area contributed by atoms with Crippen LogP contribution < -0.4 is 36.6 Å². The molecule has 87 heavy (non-hydrogen) atoms. The van der Waals surface area contributed by atoms with Crippen LogP contribution in [0.25, 0.3) is 22.3 Å². The van der Waals surface area contributed by atoms with Gasteiger partial charge in [-0.1, -0.05) is 87.4 Å². The van der Waals surface area contributed by atoms with E-state index in [2.05, 4.69) is 38.8 Å². The minimum atomic E-state index is -2.25. The molecule has 0 bridgehead atoms. The normalized spacial score (nSPS) is 26.0. The number of benzene rings is 4. The molecule has 0 aliphatic carbocycles. The van der Waals surface area contributed by atoms with Crippen LogP contribution in [0.2, 0.25) is 0 Å². The van der Waals surface area contributed by atoms with E-state index in [0.29, 0.717) is 17.6 Å². The average molecular weight is 1210 g/mol. The molecule has 3 saturated heterocycles. The van der Waals surface area contributed by atoms with Crippen molar-refractivity contribution in [2.24, 2.45) is 5.92 Å². The van der Waals surface area contributed by atoms with Gasteiger partial charge in [-0.15, -0.1) is 0 Å². The summed E-state index contributed by atoms with van der Waals surface area (Å²) in [6, 6.07) is 16.5. The number of rotatable bonds is 18. The number of carbonyl (C=O) groups is 7. The minimum Gasteiger partial charge on any atom is -0.508 e. The molecule has 0 saturated carbocycles. The maximum absolute atomic E-state index is 14.8. The molecule has 472 valence electrons. The summed E-state index contributed by atoms with van der Waals surface area (Å²) in [5, 5.41) is 94.3. The van der Waals surface area contributed by atoms with Gasteiger partial charge in [0.25, 0.3) is 5.91 Å². The molecule has 7 amide bonds. The first-order valence-corrected chi connectivity index (χ1v) is 29.7. The second-order valence-corrected chi connectivity index (χ2v) is 24.1. The number of nitrogens with one attached hydrogen (secondary N) is 6. The number of quaternary nitrogens is 1. The van der Waals surface area contributed by atoms with E-state index in [1.54, 1.807) is 31.2 Å². The van der Waals surface area contributed by atoms with Crippen LogP contribution in [0.1, 0.15) is 88.2 Å². The van der Waals surface area contributed by atoms with E-state index in [1.165, 1.54) is 31.2 Å². The number of hydrogen-bond acceptors (Lipinski definition) is 16. The molecule has 0 aromatic heterocycles. The number of likely N-dealkylation sites (N-methyl/N-ethyl adjacent to an activating group) is 1. The number of phenolic OH excluding ortho intramolecular Hbond substituents is 1. The van der Waals surface area contributed by atoms with Crippen molar-refractivity contribution >= 4 is 41.4 Å². The molecule has 3 fully saturated rings. The van der Waals surface area contributed by atoms with Gasteiger partial charge in [-0.25, -0.2) is 0 Å². The zero-order valence-electron chi connectivity index (χ0n) is 50.3. The second kappa shape index (κ2) is 29.9. The largest absolute Gasteiger partial charge is 0.508 e. The molecule has 3 heterocycles. The molecular formula is C63H86N9O15+. The van der Waals surface area contributed by atoms with E-state index < -0.39 is 139 Å². The standard InChI is InChI=1S/C63H85N9O15/c1-8-9-10-31-87-46-25-21-41(22-26-46)39-13-11-38(12-14-39)40-15-17-43(18-16-40)57(80)65-47-27-28-49(64-29-30-72(5,6)7)66-61(84)53-54(77)35(2)33-71(53)63(86)51(37(4)74)68-60(83)52(56(79)55(78)42-19-23-44(75)24-20-42)69-59(82)48-32-45(76)34-70(48)62(85)50(36(3)73)67-58(47)81/h11-26,35-37,45,47-56,64,73-74,76-79H,8-10,27-34H2,1-7H3,(H5-,65,66,67,68,69,75,80,81,82,83,84)/p+1/t35-,36+,37+,45+,47?,48?,49?,50?,51?,52?,53?,54-,55-,56-/m0/s1. The van der Waals surface area contributed by atoms with Crippen molar-refractivity contribution in [3.8, 4) is 33.8 Å². The van der Waals surface area contributed by atoms with E-state index >= 15 is 0 Å². The number of aliphatic hydroxyl groups excluding tert-OH is 6. The van der Waals surface area contributed by atoms with Gasteiger partial charge < -0.3 is 81.3 Å². The van der Waals surface area contributed by atoms with Gasteiger partial charge in [0.2, 0.25) is 35.4 Å². The molecular weight excluding hydrogens is 1120 g/mol. The zero-order valence-corrected chi connectivity index (χ0v) is 50.3. The third-order valence-electron chi connectivity index (χ3n) is 16.1. The Morgan fingerprint density at radius 3 is 1.77 bits per heavy atom. The minimum absolute atomic E-state index is 0.0394. The van der Waals surface area contributed by atoms with E-state index in [-0.39, 0.29) is 42.8 Å². The maximum atomic E-state index is 14.8.